The summed E-state index contributed by atoms with van der Waals surface area (Å²) in [6, 6.07) is 2.11. The molecule has 0 radical (unpaired) electrons. The molecule has 0 spiro atoms. The number of carboxylic acid groups (broad SMARTS) is 1. The molecule has 0 amide bonds. The maximum Gasteiger partial charge on any atom is 0.339 e. The Balaban J connectivity index is 3.20. The third kappa shape index (κ3) is 4.36. The number of nitrogens with one attached hydrogen (secondary N) is 1. The summed E-state index contributed by atoms with van der Waals surface area (Å²) in [5.41, 5.74) is -0.156. The van der Waals surface area contributed by atoms with Crippen LogP contribution >= 0.6 is 11.8 Å². The Labute approximate surface area is 128 Å². The number of aromatic hydroxyl groups is 1. The van der Waals surface area contributed by atoms with Crippen molar-refractivity contribution in [3.05, 3.63) is 23.3 Å². The van der Waals surface area contributed by atoms with Crippen LogP contribution in [0.3, 0.4) is 0 Å². The Morgan fingerprint density at radius 2 is 1.95 bits per heavy atom. The minimum Gasteiger partial charge on any atom is -0.507 e. The molecule has 21 heavy (non-hydrogen) atoms. The van der Waals surface area contributed by atoms with Crippen LogP contribution in [0.1, 0.15) is 29.8 Å². The van der Waals surface area contributed by atoms with Gasteiger partial charge in [-0.05, 0) is 44.7 Å². The van der Waals surface area contributed by atoms with Gasteiger partial charge in [-0.2, -0.15) is 11.8 Å². The molecule has 6 nitrogen and oxygen atoms in total. The van der Waals surface area contributed by atoms with Crippen molar-refractivity contribution in [1.29, 1.82) is 0 Å². The van der Waals surface area contributed by atoms with Gasteiger partial charge >= 0.3 is 5.97 Å². The lowest BCUT2D eigenvalue weighted by Gasteiger charge is -2.22. The van der Waals surface area contributed by atoms with E-state index in [0.29, 0.717) is 0 Å². The largest absolute Gasteiger partial charge is 0.507 e. The quantitative estimate of drug-likeness (QED) is 0.733. The van der Waals surface area contributed by atoms with Gasteiger partial charge in [0.1, 0.15) is 11.3 Å². The van der Waals surface area contributed by atoms with E-state index in [4.69, 9.17) is 5.11 Å². The first-order chi connectivity index (χ1) is 9.50. The van der Waals surface area contributed by atoms with Gasteiger partial charge in [0.2, 0.25) is 10.0 Å². The summed E-state index contributed by atoms with van der Waals surface area (Å²) >= 11 is 1.52. The third-order valence-electron chi connectivity index (χ3n) is 3.05. The second kappa shape index (κ2) is 6.25. The lowest BCUT2D eigenvalue weighted by molar-refractivity contribution is 0.0693. The fraction of sp³-hybridized carbons (Fsp3) is 0.462. The monoisotopic (exact) mass is 333 g/mol. The van der Waals surface area contributed by atoms with Crippen molar-refractivity contribution >= 4 is 27.8 Å². The van der Waals surface area contributed by atoms with Crippen LogP contribution < -0.4 is 4.72 Å². The Hall–Kier alpha value is -1.25. The van der Waals surface area contributed by atoms with Crippen LogP contribution in [-0.4, -0.2) is 42.1 Å². The van der Waals surface area contributed by atoms with Crippen LogP contribution in [0, 0.1) is 6.92 Å². The molecule has 0 atom stereocenters. The molecule has 118 valence electrons. The fourth-order valence-corrected chi connectivity index (χ4v) is 3.32. The lowest BCUT2D eigenvalue weighted by atomic mass is 10.1. The van der Waals surface area contributed by atoms with Gasteiger partial charge in [0, 0.05) is 11.3 Å². The number of carbonyl (C=O) groups is 1. The molecule has 3 N–H and O–H groups in total. The molecule has 1 aromatic carbocycles. The molecule has 0 fully saturated rings. The average molecular weight is 333 g/mol. The van der Waals surface area contributed by atoms with Gasteiger partial charge in [-0.15, -0.1) is 0 Å². The second-order valence-corrected chi connectivity index (χ2v) is 8.48. The second-order valence-electron chi connectivity index (χ2n) is 5.23. The zero-order valence-corrected chi connectivity index (χ0v) is 13.9. The van der Waals surface area contributed by atoms with Gasteiger partial charge in [0.15, 0.2) is 0 Å². The molecule has 1 aromatic rings. The summed E-state index contributed by atoms with van der Waals surface area (Å²) in [5.74, 6) is -1.84. The summed E-state index contributed by atoms with van der Waals surface area (Å²) in [6.07, 6.45) is 1.88. The van der Waals surface area contributed by atoms with E-state index in [1.54, 1.807) is 0 Å². The summed E-state index contributed by atoms with van der Waals surface area (Å²) in [6.45, 7) is 5.50. The minimum atomic E-state index is -3.84. The number of sulfonamides is 1. The smallest absolute Gasteiger partial charge is 0.339 e. The van der Waals surface area contributed by atoms with E-state index >= 15 is 0 Å². The van der Waals surface area contributed by atoms with E-state index in [9.17, 15) is 18.3 Å². The normalized spacial score (nSPS) is 12.4. The van der Waals surface area contributed by atoms with Crippen molar-refractivity contribution in [2.24, 2.45) is 0 Å². The van der Waals surface area contributed by atoms with Crippen LogP contribution in [0.5, 0.6) is 5.75 Å². The predicted octanol–water partition coefficient (Wildman–Crippen LogP) is 1.82. The first kappa shape index (κ1) is 17.8. The molecule has 8 heteroatoms. The van der Waals surface area contributed by atoms with Crippen LogP contribution in [0.2, 0.25) is 0 Å². The molecule has 0 aliphatic heterocycles. The molecule has 0 saturated heterocycles. The maximum absolute atomic E-state index is 12.3. The predicted molar refractivity (Wildman–Crippen MR) is 82.6 cm³/mol. The number of aromatic carboxylic acids is 1. The number of aryl methyl sites for hydroxylation is 1. The van der Waals surface area contributed by atoms with Crippen LogP contribution in [-0.2, 0) is 10.0 Å². The number of hydrogen-bond acceptors (Lipinski definition) is 5. The van der Waals surface area contributed by atoms with Crippen molar-refractivity contribution in [3.8, 4) is 5.75 Å². The number of rotatable bonds is 6. The molecule has 0 aromatic heterocycles. The number of phenols is 1. The highest BCUT2D eigenvalue weighted by Gasteiger charge is 2.24. The molecule has 1 rings (SSSR count). The van der Waals surface area contributed by atoms with Gasteiger partial charge in [0.25, 0.3) is 0 Å². The van der Waals surface area contributed by atoms with Gasteiger partial charge in [-0.3, -0.25) is 0 Å². The summed E-state index contributed by atoms with van der Waals surface area (Å²) in [7, 11) is -3.84. The van der Waals surface area contributed by atoms with Crippen molar-refractivity contribution < 1.29 is 23.4 Å². The average Bonchev–Trinajstić information content (AvgIpc) is 2.36. The fourth-order valence-electron chi connectivity index (χ4n) is 1.55. The zero-order chi connectivity index (χ0) is 16.4. The highest BCUT2D eigenvalue weighted by Crippen LogP contribution is 2.26. The Morgan fingerprint density at radius 3 is 2.43 bits per heavy atom. The number of benzene rings is 1. The van der Waals surface area contributed by atoms with Gasteiger partial charge < -0.3 is 10.2 Å². The van der Waals surface area contributed by atoms with Gasteiger partial charge in [0.05, 0.1) is 4.90 Å². The summed E-state index contributed by atoms with van der Waals surface area (Å²) in [5, 5.41) is 18.5. The van der Waals surface area contributed by atoms with Crippen molar-refractivity contribution in [3.63, 3.8) is 0 Å². The van der Waals surface area contributed by atoms with Crippen molar-refractivity contribution in [2.45, 2.75) is 30.4 Å². The highest BCUT2D eigenvalue weighted by molar-refractivity contribution is 8.00. The van der Waals surface area contributed by atoms with Crippen molar-refractivity contribution in [1.82, 2.24) is 4.72 Å². The highest BCUT2D eigenvalue weighted by atomic mass is 32.2. The van der Waals surface area contributed by atoms with Crippen LogP contribution in [0.15, 0.2) is 17.0 Å². The molecule has 0 heterocycles. The van der Waals surface area contributed by atoms with E-state index in [1.165, 1.54) is 18.7 Å². The number of carboxylic acids is 1. The molecule has 0 unspecified atom stereocenters. The van der Waals surface area contributed by atoms with Gasteiger partial charge in [-0.25, -0.2) is 17.9 Å². The standard InChI is InChI=1S/C13H19NO5S2/c1-8-5-10(15)9(12(16)17)6-11(8)21(18,19)14-7-13(2,3)20-4/h5-6,14-15H,7H2,1-4H3,(H,16,17). The van der Waals surface area contributed by atoms with Crippen molar-refractivity contribution in [2.75, 3.05) is 12.8 Å². The first-order valence-corrected chi connectivity index (χ1v) is 8.83. The van der Waals surface area contributed by atoms with E-state index in [2.05, 4.69) is 4.72 Å². The molecular weight excluding hydrogens is 314 g/mol. The molecule has 0 bridgehead atoms. The lowest BCUT2D eigenvalue weighted by Crippen LogP contribution is -2.36. The molecular formula is C13H19NO5S2. The SMILES string of the molecule is CSC(C)(C)CNS(=O)(=O)c1cc(C(=O)O)c(O)cc1C. The van der Waals surface area contributed by atoms with Crippen LogP contribution in [0.4, 0.5) is 0 Å². The first-order valence-electron chi connectivity index (χ1n) is 6.12. The van der Waals surface area contributed by atoms with Gasteiger partial charge in [-0.1, -0.05) is 0 Å². The Kier molecular flexibility index (Phi) is 5.30. The summed E-state index contributed by atoms with van der Waals surface area (Å²) in [4.78, 5) is 10.9. The van der Waals surface area contributed by atoms with E-state index in [1.807, 2.05) is 20.1 Å². The van der Waals surface area contributed by atoms with E-state index in [0.717, 1.165) is 12.1 Å². The topological polar surface area (TPSA) is 104 Å². The Bertz CT molecular complexity index is 653. The number of hydrogen-bond donors (Lipinski definition) is 3. The molecule has 0 aliphatic carbocycles. The number of thioether (sulfide) groups is 1. The maximum atomic E-state index is 12.3. The van der Waals surface area contributed by atoms with E-state index in [-0.39, 0.29) is 21.8 Å². The Morgan fingerprint density at radius 1 is 1.38 bits per heavy atom. The van der Waals surface area contributed by atoms with E-state index < -0.39 is 27.3 Å². The minimum absolute atomic E-state index is 0.144. The summed E-state index contributed by atoms with van der Waals surface area (Å²) < 4.78 is 26.8. The van der Waals surface area contributed by atoms with Crippen LogP contribution in [0.25, 0.3) is 0 Å². The molecule has 0 saturated carbocycles. The molecule has 0 aliphatic rings. The zero-order valence-electron chi connectivity index (χ0n) is 12.3. The third-order valence-corrected chi connectivity index (χ3v) is 5.85.